The fraction of sp³-hybridized carbons (Fsp3) is 0.400. The highest BCUT2D eigenvalue weighted by Gasteiger charge is 2.22. The van der Waals surface area contributed by atoms with Gasteiger partial charge in [-0.05, 0) is 26.1 Å². The van der Waals surface area contributed by atoms with Gasteiger partial charge in [0.05, 0.1) is 21.8 Å². The number of ketones is 1. The van der Waals surface area contributed by atoms with E-state index >= 15 is 0 Å². The molecule has 0 spiro atoms. The number of nitrogens with zero attached hydrogens (tertiary/aromatic N) is 1. The third-order valence-electron chi connectivity index (χ3n) is 2.24. The normalized spacial score (nSPS) is 12.8. The quantitative estimate of drug-likeness (QED) is 0.824. The molecule has 1 N–H and O–H groups in total. The Morgan fingerprint density at radius 3 is 2.62 bits per heavy atom. The first-order chi connectivity index (χ1) is 7.41. The molecule has 0 aromatic carbocycles. The summed E-state index contributed by atoms with van der Waals surface area (Å²) in [4.78, 5) is 24.4. The lowest BCUT2D eigenvalue weighted by atomic mass is 10.1. The molecule has 0 amide bonds. The Morgan fingerprint density at radius 1 is 1.56 bits per heavy atom. The molecule has 0 aliphatic carbocycles. The van der Waals surface area contributed by atoms with E-state index in [-0.39, 0.29) is 12.3 Å². The van der Waals surface area contributed by atoms with Crippen LogP contribution in [0, 0.1) is 0 Å². The Kier molecular flexibility index (Phi) is 4.46. The molecule has 1 unspecified atom stereocenters. The molecule has 1 rings (SSSR count). The van der Waals surface area contributed by atoms with Crippen molar-refractivity contribution in [1.29, 1.82) is 0 Å². The van der Waals surface area contributed by atoms with Crippen LogP contribution in [0.1, 0.15) is 16.6 Å². The van der Waals surface area contributed by atoms with E-state index in [9.17, 15) is 9.59 Å². The van der Waals surface area contributed by atoms with Gasteiger partial charge in [0, 0.05) is 0 Å². The average molecular weight is 262 g/mol. The number of Topliss-reactive ketones (excluding diaryl/α,β-unsaturated/α-hetero) is 1. The zero-order valence-electron chi connectivity index (χ0n) is 8.94. The number of rotatable bonds is 5. The van der Waals surface area contributed by atoms with E-state index in [0.717, 1.165) is 0 Å². The molecule has 16 heavy (non-hydrogen) atoms. The van der Waals surface area contributed by atoms with Gasteiger partial charge in [-0.15, -0.1) is 11.3 Å². The number of halogens is 1. The molecule has 88 valence electrons. The standard InChI is InChI=1S/C10H12ClNO3S/c1-6(12(2)5-9(13)14)10(15)7-3-4-8(11)16-7/h3-4,6H,5H2,1-2H3,(H,13,14). The van der Waals surface area contributed by atoms with E-state index in [0.29, 0.717) is 9.21 Å². The first kappa shape index (κ1) is 13.2. The predicted octanol–water partition coefficient (Wildman–Crippen LogP) is 1.99. The lowest BCUT2D eigenvalue weighted by molar-refractivity contribution is -0.138. The monoisotopic (exact) mass is 261 g/mol. The molecule has 0 aliphatic rings. The van der Waals surface area contributed by atoms with Crippen LogP contribution < -0.4 is 0 Å². The molecule has 0 bridgehead atoms. The van der Waals surface area contributed by atoms with Gasteiger partial charge in [0.1, 0.15) is 0 Å². The summed E-state index contributed by atoms with van der Waals surface area (Å²) < 4.78 is 0.552. The van der Waals surface area contributed by atoms with Crippen molar-refractivity contribution in [3.8, 4) is 0 Å². The number of carbonyl (C=O) groups is 2. The number of likely N-dealkylation sites (N-methyl/N-ethyl adjacent to an activating group) is 1. The summed E-state index contributed by atoms with van der Waals surface area (Å²) in [6.45, 7) is 1.52. The summed E-state index contributed by atoms with van der Waals surface area (Å²) in [5.74, 6) is -1.06. The van der Waals surface area contributed by atoms with Gasteiger partial charge >= 0.3 is 5.97 Å². The van der Waals surface area contributed by atoms with Gasteiger partial charge in [-0.2, -0.15) is 0 Å². The molecular weight excluding hydrogens is 250 g/mol. The third-order valence-corrected chi connectivity index (χ3v) is 3.49. The number of carboxylic acids is 1. The lowest BCUT2D eigenvalue weighted by Crippen LogP contribution is -2.38. The van der Waals surface area contributed by atoms with E-state index in [1.807, 2.05) is 0 Å². The summed E-state index contributed by atoms with van der Waals surface area (Å²) in [6, 6.07) is 2.84. The minimum atomic E-state index is -0.952. The van der Waals surface area contributed by atoms with E-state index in [1.165, 1.54) is 16.2 Å². The zero-order valence-corrected chi connectivity index (χ0v) is 10.5. The Bertz CT molecular complexity index is 405. The van der Waals surface area contributed by atoms with Gasteiger partial charge < -0.3 is 5.11 Å². The van der Waals surface area contributed by atoms with Crippen molar-refractivity contribution in [2.75, 3.05) is 13.6 Å². The molecular formula is C10H12ClNO3S. The largest absolute Gasteiger partial charge is 0.480 e. The highest BCUT2D eigenvalue weighted by molar-refractivity contribution is 7.18. The van der Waals surface area contributed by atoms with Crippen LogP contribution in [-0.4, -0.2) is 41.4 Å². The second kappa shape index (κ2) is 5.43. The summed E-state index contributed by atoms with van der Waals surface area (Å²) in [7, 11) is 1.60. The number of aliphatic carboxylic acids is 1. The maximum Gasteiger partial charge on any atom is 0.317 e. The molecule has 6 heteroatoms. The molecule has 0 fully saturated rings. The molecule has 1 aromatic rings. The topological polar surface area (TPSA) is 57.6 Å². The van der Waals surface area contributed by atoms with Gasteiger partial charge in [-0.1, -0.05) is 11.6 Å². The second-order valence-corrected chi connectivity index (χ2v) is 5.17. The van der Waals surface area contributed by atoms with Crippen molar-refractivity contribution in [3.05, 3.63) is 21.3 Å². The summed E-state index contributed by atoms with van der Waals surface area (Å²) >= 11 is 6.93. The SMILES string of the molecule is CC(C(=O)c1ccc(Cl)s1)N(C)CC(=O)O. The summed E-state index contributed by atoms with van der Waals surface area (Å²) in [6.07, 6.45) is 0. The van der Waals surface area contributed by atoms with E-state index in [1.54, 1.807) is 26.1 Å². The fourth-order valence-electron chi connectivity index (χ4n) is 1.20. The first-order valence-electron chi connectivity index (χ1n) is 4.63. The molecule has 4 nitrogen and oxygen atoms in total. The number of hydrogen-bond acceptors (Lipinski definition) is 4. The number of hydrogen-bond donors (Lipinski definition) is 1. The zero-order chi connectivity index (χ0) is 12.3. The molecule has 0 radical (unpaired) electrons. The lowest BCUT2D eigenvalue weighted by Gasteiger charge is -2.20. The van der Waals surface area contributed by atoms with Crippen molar-refractivity contribution in [3.63, 3.8) is 0 Å². The van der Waals surface area contributed by atoms with Crippen LogP contribution in [0.5, 0.6) is 0 Å². The maximum atomic E-state index is 11.9. The van der Waals surface area contributed by atoms with E-state index in [4.69, 9.17) is 16.7 Å². The Labute approximate surface area is 102 Å². The van der Waals surface area contributed by atoms with Crippen molar-refractivity contribution in [1.82, 2.24) is 4.90 Å². The number of carbonyl (C=O) groups excluding carboxylic acids is 1. The van der Waals surface area contributed by atoms with Gasteiger partial charge in [0.2, 0.25) is 0 Å². The molecule has 0 saturated heterocycles. The van der Waals surface area contributed by atoms with Crippen LogP contribution >= 0.6 is 22.9 Å². The van der Waals surface area contributed by atoms with Crippen molar-refractivity contribution in [2.45, 2.75) is 13.0 Å². The predicted molar refractivity (Wildman–Crippen MR) is 63.4 cm³/mol. The highest BCUT2D eigenvalue weighted by atomic mass is 35.5. The summed E-state index contributed by atoms with van der Waals surface area (Å²) in [5, 5.41) is 8.62. The Balaban J connectivity index is 2.70. The van der Waals surface area contributed by atoms with Crippen molar-refractivity contribution < 1.29 is 14.7 Å². The smallest absolute Gasteiger partial charge is 0.317 e. The Hall–Kier alpha value is -0.910. The van der Waals surface area contributed by atoms with Gasteiger partial charge in [0.15, 0.2) is 5.78 Å². The molecule has 0 saturated carbocycles. The van der Waals surface area contributed by atoms with E-state index < -0.39 is 12.0 Å². The molecule has 1 aromatic heterocycles. The van der Waals surface area contributed by atoms with Crippen molar-refractivity contribution >= 4 is 34.7 Å². The van der Waals surface area contributed by atoms with E-state index in [2.05, 4.69) is 0 Å². The number of thiophene rings is 1. The summed E-state index contributed by atoms with van der Waals surface area (Å²) in [5.41, 5.74) is 0. The average Bonchev–Trinajstić information content (AvgIpc) is 2.61. The van der Waals surface area contributed by atoms with Gasteiger partial charge in [-0.3, -0.25) is 14.5 Å². The van der Waals surface area contributed by atoms with Crippen LogP contribution in [-0.2, 0) is 4.79 Å². The van der Waals surface area contributed by atoms with Crippen molar-refractivity contribution in [2.24, 2.45) is 0 Å². The van der Waals surface area contributed by atoms with Crippen LogP contribution in [0.3, 0.4) is 0 Å². The second-order valence-electron chi connectivity index (χ2n) is 3.45. The molecule has 1 atom stereocenters. The minimum Gasteiger partial charge on any atom is -0.480 e. The van der Waals surface area contributed by atoms with Crippen LogP contribution in [0.15, 0.2) is 12.1 Å². The highest BCUT2D eigenvalue weighted by Crippen LogP contribution is 2.23. The van der Waals surface area contributed by atoms with Crippen LogP contribution in [0.4, 0.5) is 0 Å². The number of carboxylic acid groups (broad SMARTS) is 1. The minimum absolute atomic E-state index is 0.111. The van der Waals surface area contributed by atoms with Crippen LogP contribution in [0.2, 0.25) is 4.34 Å². The first-order valence-corrected chi connectivity index (χ1v) is 5.83. The van der Waals surface area contributed by atoms with Crippen LogP contribution in [0.25, 0.3) is 0 Å². The molecule has 0 aliphatic heterocycles. The van der Waals surface area contributed by atoms with Gasteiger partial charge in [0.25, 0.3) is 0 Å². The third kappa shape index (κ3) is 3.30. The fourth-order valence-corrected chi connectivity index (χ4v) is 2.27. The molecule has 1 heterocycles. The van der Waals surface area contributed by atoms with Gasteiger partial charge in [-0.25, -0.2) is 0 Å². The maximum absolute atomic E-state index is 11.9. The Morgan fingerprint density at radius 2 is 2.19 bits per heavy atom.